The van der Waals surface area contributed by atoms with E-state index in [0.717, 1.165) is 12.1 Å². The fourth-order valence-electron chi connectivity index (χ4n) is 1.83. The monoisotopic (exact) mass is 291 g/mol. The van der Waals surface area contributed by atoms with Gasteiger partial charge in [-0.1, -0.05) is 30.7 Å². The number of hydrogen-bond donors (Lipinski definition) is 2. The average molecular weight is 292 g/mol. The molecule has 3 N–H and O–H groups in total. The molecule has 0 saturated heterocycles. The second-order valence-electron chi connectivity index (χ2n) is 4.48. The van der Waals surface area contributed by atoms with Crippen LogP contribution in [0.1, 0.15) is 18.2 Å². The van der Waals surface area contributed by atoms with E-state index >= 15 is 0 Å². The van der Waals surface area contributed by atoms with Crippen molar-refractivity contribution in [3.8, 4) is 0 Å². The summed E-state index contributed by atoms with van der Waals surface area (Å²) in [5.41, 5.74) is 8.75. The lowest BCUT2D eigenvalue weighted by atomic mass is 10.1. The van der Waals surface area contributed by atoms with Gasteiger partial charge >= 0.3 is 0 Å². The number of nitrogens with zero attached hydrogens (tertiary/aromatic N) is 3. The molecule has 20 heavy (non-hydrogen) atoms. The molecule has 106 valence electrons. The molecular formula is C14H18ClN5. The van der Waals surface area contributed by atoms with Gasteiger partial charge in [0.2, 0.25) is 0 Å². The Labute approximate surface area is 123 Å². The van der Waals surface area contributed by atoms with Gasteiger partial charge in [-0.3, -0.25) is 4.68 Å². The van der Waals surface area contributed by atoms with E-state index in [2.05, 4.69) is 34.5 Å². The number of nitrogens with one attached hydrogen (secondary N) is 1. The van der Waals surface area contributed by atoms with Crippen LogP contribution in [0.25, 0.3) is 0 Å². The molecule has 0 fully saturated rings. The first kappa shape index (κ1) is 14.4. The number of aromatic nitrogens is 2. The molecule has 0 radical (unpaired) electrons. The van der Waals surface area contributed by atoms with Crippen molar-refractivity contribution in [2.45, 2.75) is 19.9 Å². The van der Waals surface area contributed by atoms with Gasteiger partial charge in [-0.2, -0.15) is 5.10 Å². The Kier molecular flexibility index (Phi) is 4.63. The molecule has 0 amide bonds. The van der Waals surface area contributed by atoms with Gasteiger partial charge in [0.05, 0.1) is 11.6 Å². The predicted octanol–water partition coefficient (Wildman–Crippen LogP) is 2.56. The molecule has 0 spiro atoms. The SMILES string of the molecule is CCc1cccc(NC(N)=NCc2nn(C)cc2Cl)c1. The molecule has 2 rings (SSSR count). The van der Waals surface area contributed by atoms with Crippen molar-refractivity contribution >= 4 is 23.2 Å². The fourth-order valence-corrected chi connectivity index (χ4v) is 2.07. The van der Waals surface area contributed by atoms with Crippen molar-refractivity contribution in [3.05, 3.63) is 46.7 Å². The van der Waals surface area contributed by atoms with Crippen LogP contribution in [0.5, 0.6) is 0 Å². The zero-order chi connectivity index (χ0) is 14.5. The Bertz CT molecular complexity index is 618. The lowest BCUT2D eigenvalue weighted by Crippen LogP contribution is -2.22. The average Bonchev–Trinajstić information content (AvgIpc) is 2.75. The molecule has 0 aliphatic rings. The third kappa shape index (κ3) is 3.74. The number of halogens is 1. The molecule has 0 aliphatic carbocycles. The summed E-state index contributed by atoms with van der Waals surface area (Å²) in [6.07, 6.45) is 2.72. The largest absolute Gasteiger partial charge is 0.370 e. The maximum absolute atomic E-state index is 6.01. The van der Waals surface area contributed by atoms with E-state index in [4.69, 9.17) is 17.3 Å². The first-order chi connectivity index (χ1) is 9.58. The highest BCUT2D eigenvalue weighted by Crippen LogP contribution is 2.14. The third-order valence-corrected chi connectivity index (χ3v) is 3.18. The standard InChI is InChI=1S/C14H18ClN5/c1-3-10-5-4-6-11(7-10)18-14(16)17-8-13-12(15)9-20(2)19-13/h4-7,9H,3,8H2,1-2H3,(H3,16,17,18). The quantitative estimate of drug-likeness (QED) is 0.672. The number of anilines is 1. The highest BCUT2D eigenvalue weighted by molar-refractivity contribution is 6.31. The van der Waals surface area contributed by atoms with E-state index in [1.807, 2.05) is 19.2 Å². The lowest BCUT2D eigenvalue weighted by Gasteiger charge is -2.06. The number of aliphatic imine (C=N–C) groups is 1. The van der Waals surface area contributed by atoms with Crippen molar-refractivity contribution < 1.29 is 0 Å². The summed E-state index contributed by atoms with van der Waals surface area (Å²) in [6, 6.07) is 8.07. The Morgan fingerprint density at radius 3 is 2.95 bits per heavy atom. The number of guanidine groups is 1. The molecule has 1 aromatic carbocycles. The summed E-state index contributed by atoms with van der Waals surface area (Å²) < 4.78 is 1.65. The summed E-state index contributed by atoms with van der Waals surface area (Å²) in [4.78, 5) is 4.24. The van der Waals surface area contributed by atoms with Crippen molar-refractivity contribution in [3.63, 3.8) is 0 Å². The van der Waals surface area contributed by atoms with Crippen LogP contribution in [-0.2, 0) is 20.0 Å². The molecular weight excluding hydrogens is 274 g/mol. The third-order valence-electron chi connectivity index (χ3n) is 2.86. The molecule has 5 nitrogen and oxygen atoms in total. The van der Waals surface area contributed by atoms with Crippen LogP contribution in [0, 0.1) is 0 Å². The van der Waals surface area contributed by atoms with Gasteiger partial charge in [0.15, 0.2) is 5.96 Å². The molecule has 2 aromatic rings. The second kappa shape index (κ2) is 6.43. The van der Waals surface area contributed by atoms with E-state index in [0.29, 0.717) is 23.2 Å². The van der Waals surface area contributed by atoms with Crippen LogP contribution < -0.4 is 11.1 Å². The Hall–Kier alpha value is -2.01. The van der Waals surface area contributed by atoms with Gasteiger partial charge in [-0.05, 0) is 24.1 Å². The zero-order valence-electron chi connectivity index (χ0n) is 11.6. The minimum Gasteiger partial charge on any atom is -0.370 e. The molecule has 0 saturated carbocycles. The van der Waals surface area contributed by atoms with Gasteiger partial charge in [-0.25, -0.2) is 4.99 Å². The van der Waals surface area contributed by atoms with Crippen LogP contribution in [0.15, 0.2) is 35.5 Å². The number of benzene rings is 1. The Morgan fingerprint density at radius 2 is 2.30 bits per heavy atom. The van der Waals surface area contributed by atoms with Crippen molar-refractivity contribution in [2.75, 3.05) is 5.32 Å². The number of aryl methyl sites for hydroxylation is 2. The minimum atomic E-state index is 0.347. The predicted molar refractivity (Wildman–Crippen MR) is 83.0 cm³/mol. The van der Waals surface area contributed by atoms with Crippen LogP contribution in [-0.4, -0.2) is 15.7 Å². The first-order valence-electron chi connectivity index (χ1n) is 6.42. The maximum Gasteiger partial charge on any atom is 0.193 e. The van der Waals surface area contributed by atoms with Crippen molar-refractivity contribution in [1.82, 2.24) is 9.78 Å². The minimum absolute atomic E-state index is 0.347. The molecule has 0 unspecified atom stereocenters. The van der Waals surface area contributed by atoms with Crippen LogP contribution in [0.4, 0.5) is 5.69 Å². The van der Waals surface area contributed by atoms with Crippen LogP contribution >= 0.6 is 11.6 Å². The van der Waals surface area contributed by atoms with Gasteiger partial charge in [0.1, 0.15) is 5.69 Å². The first-order valence-corrected chi connectivity index (χ1v) is 6.80. The van der Waals surface area contributed by atoms with E-state index in [1.165, 1.54) is 5.56 Å². The number of nitrogens with two attached hydrogens (primary N) is 1. The smallest absolute Gasteiger partial charge is 0.193 e. The van der Waals surface area contributed by atoms with Gasteiger partial charge in [0.25, 0.3) is 0 Å². The Morgan fingerprint density at radius 1 is 1.50 bits per heavy atom. The molecule has 1 heterocycles. The summed E-state index contributed by atoms with van der Waals surface area (Å²) in [6.45, 7) is 2.46. The highest BCUT2D eigenvalue weighted by atomic mass is 35.5. The maximum atomic E-state index is 6.01. The lowest BCUT2D eigenvalue weighted by molar-refractivity contribution is 0.743. The molecule has 0 bridgehead atoms. The second-order valence-corrected chi connectivity index (χ2v) is 4.88. The van der Waals surface area contributed by atoms with E-state index in [9.17, 15) is 0 Å². The van der Waals surface area contributed by atoms with E-state index in [-0.39, 0.29) is 0 Å². The molecule has 0 atom stereocenters. The van der Waals surface area contributed by atoms with Crippen LogP contribution in [0.2, 0.25) is 5.02 Å². The Balaban J connectivity index is 2.02. The summed E-state index contributed by atoms with van der Waals surface area (Å²) in [5, 5.41) is 7.87. The molecule has 6 heteroatoms. The van der Waals surface area contributed by atoms with E-state index in [1.54, 1.807) is 10.9 Å². The van der Waals surface area contributed by atoms with Gasteiger partial charge in [-0.15, -0.1) is 0 Å². The van der Waals surface area contributed by atoms with Crippen molar-refractivity contribution in [2.24, 2.45) is 17.8 Å². The van der Waals surface area contributed by atoms with Crippen LogP contribution in [0.3, 0.4) is 0 Å². The topological polar surface area (TPSA) is 68.2 Å². The zero-order valence-corrected chi connectivity index (χ0v) is 12.4. The van der Waals surface area contributed by atoms with E-state index < -0.39 is 0 Å². The summed E-state index contributed by atoms with van der Waals surface area (Å²) in [5.74, 6) is 0.347. The molecule has 0 aliphatic heterocycles. The molecule has 1 aromatic heterocycles. The highest BCUT2D eigenvalue weighted by Gasteiger charge is 2.04. The normalized spacial score (nSPS) is 11.7. The number of rotatable bonds is 4. The fraction of sp³-hybridized carbons (Fsp3) is 0.286. The number of hydrogen-bond acceptors (Lipinski definition) is 2. The van der Waals surface area contributed by atoms with Crippen molar-refractivity contribution in [1.29, 1.82) is 0 Å². The summed E-state index contributed by atoms with van der Waals surface area (Å²) in [7, 11) is 1.82. The van der Waals surface area contributed by atoms with Gasteiger partial charge in [0, 0.05) is 18.9 Å². The summed E-state index contributed by atoms with van der Waals surface area (Å²) >= 11 is 6.01. The van der Waals surface area contributed by atoms with Gasteiger partial charge < -0.3 is 11.1 Å².